The fourth-order valence-corrected chi connectivity index (χ4v) is 0.881. The normalized spacial score (nSPS) is 11.4. The number of ether oxygens (including phenoxy) is 1. The molecule has 14 heavy (non-hydrogen) atoms. The first-order valence-electron chi connectivity index (χ1n) is 3.36. The summed E-state index contributed by atoms with van der Waals surface area (Å²) >= 11 is 2.93. The molecule has 1 rings (SSSR count). The first-order chi connectivity index (χ1) is 6.38. The zero-order valence-electron chi connectivity index (χ0n) is 6.68. The van der Waals surface area contributed by atoms with Gasteiger partial charge >= 0.3 is 6.18 Å². The molecule has 0 saturated carbocycles. The van der Waals surface area contributed by atoms with E-state index >= 15 is 0 Å². The molecular weight excluding hydrogens is 267 g/mol. The molecule has 0 unspecified atom stereocenters. The highest BCUT2D eigenvalue weighted by atomic mass is 79.9. The van der Waals surface area contributed by atoms with Gasteiger partial charge in [-0.05, 0) is 15.9 Å². The van der Waals surface area contributed by atoms with Crippen molar-refractivity contribution in [2.24, 2.45) is 0 Å². The number of nitrogens with zero attached hydrogens (tertiary/aromatic N) is 2. The third kappa shape index (κ3) is 3.36. The molecule has 0 aromatic carbocycles. The van der Waals surface area contributed by atoms with E-state index in [0.29, 0.717) is 0 Å². The van der Waals surface area contributed by atoms with E-state index in [2.05, 4.69) is 30.6 Å². The van der Waals surface area contributed by atoms with Gasteiger partial charge in [-0.3, -0.25) is 0 Å². The van der Waals surface area contributed by atoms with Crippen molar-refractivity contribution >= 4 is 21.7 Å². The molecule has 0 radical (unpaired) electrons. The molecule has 0 fully saturated rings. The lowest BCUT2D eigenvalue weighted by Crippen LogP contribution is -2.20. The quantitative estimate of drug-likeness (QED) is 0.891. The minimum Gasteiger partial charge on any atom is -0.465 e. The Morgan fingerprint density at radius 1 is 1.50 bits per heavy atom. The van der Waals surface area contributed by atoms with Gasteiger partial charge in [0.25, 0.3) is 5.88 Å². The fraction of sp³-hybridized carbons (Fsp3) is 0.333. The highest BCUT2D eigenvalue weighted by Crippen LogP contribution is 2.21. The number of rotatable bonds is 2. The summed E-state index contributed by atoms with van der Waals surface area (Å²) in [4.78, 5) is 7.14. The number of anilines is 1. The van der Waals surface area contributed by atoms with Crippen molar-refractivity contribution < 1.29 is 17.9 Å². The van der Waals surface area contributed by atoms with Crippen LogP contribution in [0.2, 0.25) is 0 Å². The van der Waals surface area contributed by atoms with Gasteiger partial charge in [-0.2, -0.15) is 13.2 Å². The molecule has 1 aromatic rings. The second kappa shape index (κ2) is 3.99. The van der Waals surface area contributed by atoms with E-state index in [1.54, 1.807) is 0 Å². The van der Waals surface area contributed by atoms with E-state index in [0.717, 1.165) is 0 Å². The molecule has 8 heteroatoms. The first-order valence-corrected chi connectivity index (χ1v) is 4.15. The first kappa shape index (κ1) is 11.0. The Balaban J connectivity index is 2.72. The van der Waals surface area contributed by atoms with Gasteiger partial charge in [0, 0.05) is 0 Å². The molecular formula is C6H5BrF3N3O. The topological polar surface area (TPSA) is 61.0 Å². The molecule has 0 bridgehead atoms. The molecule has 0 amide bonds. The molecule has 2 N–H and O–H groups in total. The van der Waals surface area contributed by atoms with Crippen molar-refractivity contribution in [2.45, 2.75) is 6.18 Å². The standard InChI is InChI=1S/C6H5BrF3N3O/c7-3-1-12-4(11)5(13-3)14-2-6(8,9)10/h1H,2H2,(H2,11,12). The van der Waals surface area contributed by atoms with Crippen LogP contribution in [0.4, 0.5) is 19.0 Å². The molecule has 78 valence electrons. The lowest BCUT2D eigenvalue weighted by Gasteiger charge is -2.09. The van der Waals surface area contributed by atoms with Crippen LogP contribution >= 0.6 is 15.9 Å². The zero-order valence-corrected chi connectivity index (χ0v) is 8.26. The van der Waals surface area contributed by atoms with Crippen molar-refractivity contribution in [3.05, 3.63) is 10.8 Å². The monoisotopic (exact) mass is 271 g/mol. The Hall–Kier alpha value is -1.05. The predicted octanol–water partition coefficient (Wildman–Crippen LogP) is 1.76. The highest BCUT2D eigenvalue weighted by molar-refractivity contribution is 9.10. The largest absolute Gasteiger partial charge is 0.465 e. The number of nitrogen functional groups attached to an aromatic ring is 1. The summed E-state index contributed by atoms with van der Waals surface area (Å²) in [6.07, 6.45) is -3.16. The van der Waals surface area contributed by atoms with Gasteiger partial charge in [-0.25, -0.2) is 9.97 Å². The Morgan fingerprint density at radius 3 is 2.71 bits per heavy atom. The summed E-state index contributed by atoms with van der Waals surface area (Å²) in [6, 6.07) is 0. The van der Waals surface area contributed by atoms with Gasteiger partial charge in [0.15, 0.2) is 12.4 Å². The second-order valence-corrected chi connectivity index (χ2v) is 3.10. The molecule has 0 aliphatic heterocycles. The van der Waals surface area contributed by atoms with Crippen molar-refractivity contribution in [3.8, 4) is 5.88 Å². The maximum absolute atomic E-state index is 11.7. The average molecular weight is 272 g/mol. The molecule has 0 spiro atoms. The zero-order chi connectivity index (χ0) is 10.8. The number of alkyl halides is 3. The summed E-state index contributed by atoms with van der Waals surface area (Å²) in [5.41, 5.74) is 5.23. The van der Waals surface area contributed by atoms with Gasteiger partial charge in [-0.1, -0.05) is 0 Å². The Labute approximate surface area is 85.4 Å². The summed E-state index contributed by atoms with van der Waals surface area (Å²) in [5, 5.41) is 0. The van der Waals surface area contributed by atoms with Crippen LogP contribution in [0.15, 0.2) is 10.8 Å². The second-order valence-electron chi connectivity index (χ2n) is 2.29. The SMILES string of the molecule is Nc1ncc(Br)nc1OCC(F)(F)F. The number of halogens is 4. The van der Waals surface area contributed by atoms with Crippen LogP contribution in [-0.2, 0) is 0 Å². The molecule has 1 aromatic heterocycles. The smallest absolute Gasteiger partial charge is 0.422 e. The Bertz CT molecular complexity index is 331. The van der Waals surface area contributed by atoms with Crippen LogP contribution in [0.3, 0.4) is 0 Å². The van der Waals surface area contributed by atoms with Gasteiger partial charge in [-0.15, -0.1) is 0 Å². The van der Waals surface area contributed by atoms with Crippen molar-refractivity contribution in [2.75, 3.05) is 12.3 Å². The van der Waals surface area contributed by atoms with Crippen LogP contribution in [0, 0.1) is 0 Å². The van der Waals surface area contributed by atoms with E-state index in [1.165, 1.54) is 6.20 Å². The fourth-order valence-electron chi connectivity index (χ4n) is 0.618. The molecule has 0 atom stereocenters. The van der Waals surface area contributed by atoms with Gasteiger partial charge in [0.05, 0.1) is 6.20 Å². The number of hydrogen-bond acceptors (Lipinski definition) is 4. The van der Waals surface area contributed by atoms with Gasteiger partial charge in [0.2, 0.25) is 0 Å². The minimum absolute atomic E-state index is 0.183. The lowest BCUT2D eigenvalue weighted by atomic mass is 10.6. The Kier molecular flexibility index (Phi) is 3.14. The van der Waals surface area contributed by atoms with E-state index in [4.69, 9.17) is 5.73 Å². The molecule has 0 saturated heterocycles. The summed E-state index contributed by atoms with van der Waals surface area (Å²) in [6.45, 7) is -1.44. The number of nitrogens with two attached hydrogens (primary N) is 1. The maximum atomic E-state index is 11.7. The number of aromatic nitrogens is 2. The van der Waals surface area contributed by atoms with E-state index in [-0.39, 0.29) is 16.3 Å². The van der Waals surface area contributed by atoms with Crippen molar-refractivity contribution in [1.29, 1.82) is 0 Å². The van der Waals surface area contributed by atoms with Crippen molar-refractivity contribution in [1.82, 2.24) is 9.97 Å². The maximum Gasteiger partial charge on any atom is 0.422 e. The van der Waals surface area contributed by atoms with Crippen LogP contribution in [-0.4, -0.2) is 22.8 Å². The molecule has 0 aliphatic rings. The predicted molar refractivity (Wildman–Crippen MR) is 45.7 cm³/mol. The summed E-state index contributed by atoms with van der Waals surface area (Å²) < 4.78 is 39.8. The average Bonchev–Trinajstić information content (AvgIpc) is 2.05. The van der Waals surface area contributed by atoms with Crippen LogP contribution < -0.4 is 10.5 Å². The molecule has 0 aliphatic carbocycles. The summed E-state index contributed by atoms with van der Waals surface area (Å²) in [7, 11) is 0. The van der Waals surface area contributed by atoms with Gasteiger partial charge < -0.3 is 10.5 Å². The van der Waals surface area contributed by atoms with Crippen molar-refractivity contribution in [3.63, 3.8) is 0 Å². The van der Waals surface area contributed by atoms with Crippen LogP contribution in [0.25, 0.3) is 0 Å². The van der Waals surface area contributed by atoms with Crippen LogP contribution in [0.5, 0.6) is 5.88 Å². The third-order valence-electron chi connectivity index (χ3n) is 1.11. The van der Waals surface area contributed by atoms with Crippen LogP contribution in [0.1, 0.15) is 0 Å². The van der Waals surface area contributed by atoms with E-state index in [1.807, 2.05) is 0 Å². The highest BCUT2D eigenvalue weighted by Gasteiger charge is 2.29. The van der Waals surface area contributed by atoms with E-state index < -0.39 is 12.8 Å². The Morgan fingerprint density at radius 2 is 2.14 bits per heavy atom. The molecule has 1 heterocycles. The number of hydrogen-bond donors (Lipinski definition) is 1. The summed E-state index contributed by atoms with van der Waals surface area (Å²) in [5.74, 6) is -0.519. The molecule has 4 nitrogen and oxygen atoms in total. The third-order valence-corrected chi connectivity index (χ3v) is 1.49. The minimum atomic E-state index is -4.42. The van der Waals surface area contributed by atoms with E-state index in [9.17, 15) is 13.2 Å². The lowest BCUT2D eigenvalue weighted by molar-refractivity contribution is -0.154. The van der Waals surface area contributed by atoms with Gasteiger partial charge in [0.1, 0.15) is 4.60 Å².